The van der Waals surface area contributed by atoms with E-state index in [1.165, 1.54) is 5.56 Å². The van der Waals surface area contributed by atoms with Crippen molar-refractivity contribution in [3.8, 4) is 11.5 Å². The van der Waals surface area contributed by atoms with Crippen molar-refractivity contribution in [3.63, 3.8) is 0 Å². The Hall–Kier alpha value is -3.02. The van der Waals surface area contributed by atoms with Gasteiger partial charge in [0.1, 0.15) is 0 Å². The lowest BCUT2D eigenvalue weighted by Crippen LogP contribution is -2.33. The van der Waals surface area contributed by atoms with Crippen molar-refractivity contribution in [1.29, 1.82) is 0 Å². The molecule has 6 nitrogen and oxygen atoms in total. The zero-order valence-electron chi connectivity index (χ0n) is 17.2. The molecule has 0 radical (unpaired) electrons. The van der Waals surface area contributed by atoms with Crippen molar-refractivity contribution >= 4 is 11.8 Å². The molecule has 1 unspecified atom stereocenters. The van der Waals surface area contributed by atoms with Gasteiger partial charge in [-0.2, -0.15) is 0 Å². The first-order chi connectivity index (χ1) is 14.0. The Morgan fingerprint density at radius 2 is 1.76 bits per heavy atom. The van der Waals surface area contributed by atoms with Crippen molar-refractivity contribution < 1.29 is 19.1 Å². The molecule has 0 spiro atoms. The maximum Gasteiger partial charge on any atom is 0.225 e. The molecule has 2 amide bonds. The second-order valence-electron chi connectivity index (χ2n) is 7.38. The Morgan fingerprint density at radius 3 is 2.45 bits per heavy atom. The van der Waals surface area contributed by atoms with Crippen LogP contribution in [0, 0.1) is 12.8 Å². The van der Waals surface area contributed by atoms with Gasteiger partial charge in [0.15, 0.2) is 11.5 Å². The van der Waals surface area contributed by atoms with E-state index >= 15 is 0 Å². The number of carbonyl (C=O) groups excluding carboxylic acids is 2. The molecule has 1 atom stereocenters. The second-order valence-corrected chi connectivity index (χ2v) is 7.38. The summed E-state index contributed by atoms with van der Waals surface area (Å²) in [7, 11) is 3.20. The fraction of sp³-hybridized carbons (Fsp3) is 0.391. The maximum atomic E-state index is 12.5. The maximum absolute atomic E-state index is 12.5. The number of amides is 2. The average Bonchev–Trinajstić information content (AvgIpc) is 3.12. The molecule has 1 N–H and O–H groups in total. The van der Waals surface area contributed by atoms with Crippen LogP contribution in [-0.2, 0) is 22.6 Å². The molecule has 1 saturated heterocycles. The Labute approximate surface area is 171 Å². The van der Waals surface area contributed by atoms with Crippen LogP contribution in [0.15, 0.2) is 42.5 Å². The summed E-state index contributed by atoms with van der Waals surface area (Å²) in [6, 6.07) is 13.8. The fourth-order valence-electron chi connectivity index (χ4n) is 3.50. The first-order valence-corrected chi connectivity index (χ1v) is 9.82. The van der Waals surface area contributed by atoms with Gasteiger partial charge in [0.25, 0.3) is 0 Å². The van der Waals surface area contributed by atoms with Crippen molar-refractivity contribution in [2.45, 2.75) is 26.3 Å². The summed E-state index contributed by atoms with van der Waals surface area (Å²) in [5.74, 6) is 1.02. The van der Waals surface area contributed by atoms with E-state index in [-0.39, 0.29) is 24.2 Å². The third-order valence-electron chi connectivity index (χ3n) is 5.29. The molecule has 1 aliphatic rings. The van der Waals surface area contributed by atoms with Crippen LogP contribution in [0.1, 0.15) is 23.1 Å². The zero-order chi connectivity index (χ0) is 20.8. The molecule has 0 bridgehead atoms. The van der Waals surface area contributed by atoms with Crippen LogP contribution in [0.5, 0.6) is 11.5 Å². The highest BCUT2D eigenvalue weighted by atomic mass is 16.5. The lowest BCUT2D eigenvalue weighted by atomic mass is 10.1. The highest BCUT2D eigenvalue weighted by molar-refractivity contribution is 5.89. The lowest BCUT2D eigenvalue weighted by Gasteiger charge is -2.17. The van der Waals surface area contributed by atoms with Gasteiger partial charge in [0.05, 0.1) is 20.1 Å². The van der Waals surface area contributed by atoms with E-state index in [1.54, 1.807) is 19.1 Å². The van der Waals surface area contributed by atoms with Gasteiger partial charge in [-0.25, -0.2) is 0 Å². The van der Waals surface area contributed by atoms with Gasteiger partial charge in [-0.15, -0.1) is 0 Å². The van der Waals surface area contributed by atoms with E-state index in [1.807, 2.05) is 49.4 Å². The van der Waals surface area contributed by atoms with E-state index in [2.05, 4.69) is 5.32 Å². The molecule has 2 aromatic carbocycles. The molecule has 154 valence electrons. The Kier molecular flexibility index (Phi) is 6.75. The minimum Gasteiger partial charge on any atom is -0.493 e. The minimum atomic E-state index is -0.293. The van der Waals surface area contributed by atoms with Gasteiger partial charge >= 0.3 is 0 Å². The zero-order valence-corrected chi connectivity index (χ0v) is 17.2. The largest absolute Gasteiger partial charge is 0.493 e. The predicted octanol–water partition coefficient (Wildman–Crippen LogP) is 2.72. The number of nitrogens with one attached hydrogen (secondary N) is 1. The number of likely N-dealkylation sites (tertiary alicyclic amines) is 1. The van der Waals surface area contributed by atoms with Crippen LogP contribution >= 0.6 is 0 Å². The second kappa shape index (κ2) is 9.45. The summed E-state index contributed by atoms with van der Waals surface area (Å²) in [5.41, 5.74) is 3.30. The normalized spacial score (nSPS) is 16.0. The first kappa shape index (κ1) is 20.7. The molecular formula is C23H28N2O4. The van der Waals surface area contributed by atoms with Crippen LogP contribution in [-0.4, -0.2) is 44.0 Å². The van der Waals surface area contributed by atoms with E-state index < -0.39 is 0 Å². The average molecular weight is 396 g/mol. The van der Waals surface area contributed by atoms with Crippen molar-refractivity contribution in [1.82, 2.24) is 10.2 Å². The molecule has 1 fully saturated rings. The van der Waals surface area contributed by atoms with Gasteiger partial charge in [-0.1, -0.05) is 35.9 Å². The summed E-state index contributed by atoms with van der Waals surface area (Å²) >= 11 is 0. The Morgan fingerprint density at radius 1 is 1.07 bits per heavy atom. The minimum absolute atomic E-state index is 0.0287. The molecule has 6 heteroatoms. The van der Waals surface area contributed by atoms with Gasteiger partial charge in [0, 0.05) is 26.1 Å². The molecule has 3 rings (SSSR count). The Bertz CT molecular complexity index is 864. The molecule has 0 aliphatic carbocycles. The number of methoxy groups -OCH3 is 2. The molecule has 2 aromatic rings. The summed E-state index contributed by atoms with van der Waals surface area (Å²) in [6.45, 7) is 3.56. The van der Waals surface area contributed by atoms with Crippen molar-refractivity contribution in [3.05, 3.63) is 59.2 Å². The number of nitrogens with zero attached hydrogens (tertiary/aromatic N) is 1. The van der Waals surface area contributed by atoms with Crippen LogP contribution in [0.2, 0.25) is 0 Å². The van der Waals surface area contributed by atoms with Crippen LogP contribution < -0.4 is 14.8 Å². The number of ether oxygens (including phenoxy) is 2. The quantitative estimate of drug-likeness (QED) is 0.745. The van der Waals surface area contributed by atoms with E-state index in [0.717, 1.165) is 11.1 Å². The number of aryl methyl sites for hydroxylation is 1. The summed E-state index contributed by atoms with van der Waals surface area (Å²) < 4.78 is 10.6. The number of benzene rings is 2. The molecular weight excluding hydrogens is 368 g/mol. The van der Waals surface area contributed by atoms with Crippen LogP contribution in [0.4, 0.5) is 0 Å². The van der Waals surface area contributed by atoms with Crippen molar-refractivity contribution in [2.24, 2.45) is 5.92 Å². The standard InChI is InChI=1S/C23H28N2O4/c1-16-4-6-18(7-5-16)14-24-23(27)19-13-22(26)25(15-19)11-10-17-8-9-20(28-2)21(12-17)29-3/h4-9,12,19H,10-11,13-15H2,1-3H3,(H,24,27). The van der Waals surface area contributed by atoms with Crippen LogP contribution in [0.3, 0.4) is 0 Å². The smallest absolute Gasteiger partial charge is 0.225 e. The van der Waals surface area contributed by atoms with E-state index in [0.29, 0.717) is 37.6 Å². The number of rotatable bonds is 8. The topological polar surface area (TPSA) is 67.9 Å². The summed E-state index contributed by atoms with van der Waals surface area (Å²) in [6.07, 6.45) is 0.968. The Balaban J connectivity index is 1.50. The van der Waals surface area contributed by atoms with Gasteiger partial charge in [0.2, 0.25) is 11.8 Å². The monoisotopic (exact) mass is 396 g/mol. The third kappa shape index (κ3) is 5.28. The van der Waals surface area contributed by atoms with Gasteiger partial charge in [-0.3, -0.25) is 9.59 Å². The number of carbonyl (C=O) groups is 2. The van der Waals surface area contributed by atoms with E-state index in [4.69, 9.17) is 9.47 Å². The highest BCUT2D eigenvalue weighted by Crippen LogP contribution is 2.28. The summed E-state index contributed by atoms with van der Waals surface area (Å²) in [5, 5.41) is 2.95. The van der Waals surface area contributed by atoms with Gasteiger partial charge in [-0.05, 0) is 36.6 Å². The number of hydrogen-bond donors (Lipinski definition) is 1. The summed E-state index contributed by atoms with van der Waals surface area (Å²) in [4.78, 5) is 26.6. The molecule has 1 heterocycles. The lowest BCUT2D eigenvalue weighted by molar-refractivity contribution is -0.129. The molecule has 29 heavy (non-hydrogen) atoms. The molecule has 1 aliphatic heterocycles. The SMILES string of the molecule is COc1ccc(CCN2CC(C(=O)NCc3ccc(C)cc3)CC2=O)cc1OC. The number of hydrogen-bond acceptors (Lipinski definition) is 4. The highest BCUT2D eigenvalue weighted by Gasteiger charge is 2.33. The molecule has 0 saturated carbocycles. The predicted molar refractivity (Wildman–Crippen MR) is 111 cm³/mol. The van der Waals surface area contributed by atoms with E-state index in [9.17, 15) is 9.59 Å². The van der Waals surface area contributed by atoms with Crippen molar-refractivity contribution in [2.75, 3.05) is 27.3 Å². The van der Waals surface area contributed by atoms with Gasteiger partial charge < -0.3 is 19.7 Å². The third-order valence-corrected chi connectivity index (χ3v) is 5.29. The van der Waals surface area contributed by atoms with Crippen LogP contribution in [0.25, 0.3) is 0 Å². The molecule has 0 aromatic heterocycles. The first-order valence-electron chi connectivity index (χ1n) is 9.82. The fourth-order valence-corrected chi connectivity index (χ4v) is 3.50.